The van der Waals surface area contributed by atoms with Gasteiger partial charge in [0, 0.05) is 11.6 Å². The zero-order valence-electron chi connectivity index (χ0n) is 15.3. The van der Waals surface area contributed by atoms with Crippen molar-refractivity contribution in [3.63, 3.8) is 0 Å². The number of anilines is 1. The van der Waals surface area contributed by atoms with Gasteiger partial charge in [-0.25, -0.2) is 22.0 Å². The van der Waals surface area contributed by atoms with E-state index in [1.165, 1.54) is 27.2 Å². The van der Waals surface area contributed by atoms with E-state index in [0.29, 0.717) is 17.1 Å². The van der Waals surface area contributed by atoms with Gasteiger partial charge >= 0.3 is 0 Å². The molecule has 1 heterocycles. The molecule has 1 aliphatic rings. The minimum absolute atomic E-state index is 0.0109. The van der Waals surface area contributed by atoms with E-state index in [4.69, 9.17) is 9.47 Å². The van der Waals surface area contributed by atoms with Gasteiger partial charge in [0.15, 0.2) is 23.3 Å². The number of methoxy groups -OCH3 is 2. The Morgan fingerprint density at radius 3 is 2.07 bits per heavy atom. The van der Waals surface area contributed by atoms with Gasteiger partial charge in [0.25, 0.3) is 5.91 Å². The van der Waals surface area contributed by atoms with Crippen molar-refractivity contribution in [2.24, 2.45) is 5.10 Å². The molecule has 0 fully saturated rings. The summed E-state index contributed by atoms with van der Waals surface area (Å²) in [5.74, 6) is -11.2. The van der Waals surface area contributed by atoms with Gasteiger partial charge < -0.3 is 9.47 Å². The lowest BCUT2D eigenvalue weighted by atomic mass is 10.1. The summed E-state index contributed by atoms with van der Waals surface area (Å²) in [4.78, 5) is 12.7. The summed E-state index contributed by atoms with van der Waals surface area (Å²) in [5.41, 5.74) is -1.14. The third-order valence-electron chi connectivity index (χ3n) is 4.20. The maximum Gasteiger partial charge on any atom is 0.280 e. The van der Waals surface area contributed by atoms with Gasteiger partial charge in [-0.2, -0.15) is 10.1 Å². The van der Waals surface area contributed by atoms with Crippen LogP contribution in [-0.2, 0) is 4.79 Å². The molecule has 152 valence electrons. The molecule has 1 amide bonds. The van der Waals surface area contributed by atoms with Crippen molar-refractivity contribution >= 4 is 23.4 Å². The van der Waals surface area contributed by atoms with E-state index >= 15 is 0 Å². The first-order valence-corrected chi connectivity index (χ1v) is 8.06. The third kappa shape index (κ3) is 3.30. The number of carbonyl (C=O) groups is 1. The second kappa shape index (κ2) is 7.53. The molecule has 0 atom stereocenters. The van der Waals surface area contributed by atoms with Crippen LogP contribution in [0.4, 0.5) is 27.6 Å². The number of ether oxygens (including phenoxy) is 2. The van der Waals surface area contributed by atoms with E-state index in [2.05, 4.69) is 5.10 Å². The number of halogens is 5. The predicted molar refractivity (Wildman–Crippen MR) is 94.3 cm³/mol. The summed E-state index contributed by atoms with van der Waals surface area (Å²) < 4.78 is 78.7. The fourth-order valence-corrected chi connectivity index (χ4v) is 2.71. The van der Waals surface area contributed by atoms with Crippen LogP contribution in [0.15, 0.2) is 28.9 Å². The molecule has 0 bridgehead atoms. The molecule has 0 saturated carbocycles. The zero-order chi connectivity index (χ0) is 21.5. The summed E-state index contributed by atoms with van der Waals surface area (Å²) in [6.07, 6.45) is 1.32. The van der Waals surface area contributed by atoms with Gasteiger partial charge in [-0.3, -0.25) is 4.79 Å². The molecule has 0 unspecified atom stereocenters. The lowest BCUT2D eigenvalue weighted by molar-refractivity contribution is -0.114. The lowest BCUT2D eigenvalue weighted by Crippen LogP contribution is -2.25. The van der Waals surface area contributed by atoms with E-state index < -0.39 is 40.7 Å². The van der Waals surface area contributed by atoms with Crippen LogP contribution in [0.25, 0.3) is 6.08 Å². The van der Waals surface area contributed by atoms with Gasteiger partial charge in [0.2, 0.25) is 5.82 Å². The molecule has 1 aliphatic heterocycles. The van der Waals surface area contributed by atoms with Crippen molar-refractivity contribution in [1.29, 1.82) is 0 Å². The molecule has 0 aromatic heterocycles. The van der Waals surface area contributed by atoms with Crippen LogP contribution in [-0.4, -0.2) is 25.8 Å². The van der Waals surface area contributed by atoms with Crippen LogP contribution in [0.1, 0.15) is 12.5 Å². The molecule has 29 heavy (non-hydrogen) atoms. The number of benzene rings is 2. The number of hydrazone groups is 1. The number of nitrogens with zero attached hydrogens (tertiary/aromatic N) is 2. The van der Waals surface area contributed by atoms with E-state index in [9.17, 15) is 26.7 Å². The predicted octanol–water partition coefficient (Wildman–Crippen LogP) is 4.21. The third-order valence-corrected chi connectivity index (χ3v) is 4.20. The Bertz CT molecular complexity index is 1050. The first kappa shape index (κ1) is 20.3. The van der Waals surface area contributed by atoms with Gasteiger partial charge in [-0.1, -0.05) is 0 Å². The van der Waals surface area contributed by atoms with Crippen molar-refractivity contribution in [3.05, 3.63) is 58.4 Å². The minimum Gasteiger partial charge on any atom is -0.497 e. The highest BCUT2D eigenvalue weighted by molar-refractivity contribution is 6.32. The molecule has 5 nitrogen and oxygen atoms in total. The fourth-order valence-electron chi connectivity index (χ4n) is 2.71. The molecule has 0 saturated heterocycles. The van der Waals surface area contributed by atoms with Crippen LogP contribution < -0.4 is 14.5 Å². The number of amides is 1. The monoisotopic (exact) mass is 412 g/mol. The molecule has 2 aromatic carbocycles. The Morgan fingerprint density at radius 1 is 0.931 bits per heavy atom. The topological polar surface area (TPSA) is 51.1 Å². The van der Waals surface area contributed by atoms with Gasteiger partial charge in [-0.15, -0.1) is 0 Å². The van der Waals surface area contributed by atoms with Crippen molar-refractivity contribution < 1.29 is 36.2 Å². The summed E-state index contributed by atoms with van der Waals surface area (Å²) in [6.45, 7) is 1.35. The molecular formula is C19H13F5N2O3. The zero-order valence-corrected chi connectivity index (χ0v) is 15.3. The number of carbonyl (C=O) groups excluding carboxylic acids is 1. The Kier molecular flexibility index (Phi) is 5.27. The van der Waals surface area contributed by atoms with Crippen LogP contribution in [0.2, 0.25) is 0 Å². The van der Waals surface area contributed by atoms with E-state index in [1.807, 2.05) is 0 Å². The summed E-state index contributed by atoms with van der Waals surface area (Å²) in [6, 6.07) is 4.69. The van der Waals surface area contributed by atoms with Crippen molar-refractivity contribution in [3.8, 4) is 11.5 Å². The maximum atomic E-state index is 14.1. The molecular weight excluding hydrogens is 399 g/mol. The van der Waals surface area contributed by atoms with Crippen LogP contribution in [0.3, 0.4) is 0 Å². The molecule has 0 radical (unpaired) electrons. The minimum atomic E-state index is -2.32. The van der Waals surface area contributed by atoms with E-state index in [-0.39, 0.29) is 16.3 Å². The first-order valence-electron chi connectivity index (χ1n) is 8.06. The second-order valence-electron chi connectivity index (χ2n) is 5.89. The van der Waals surface area contributed by atoms with Crippen molar-refractivity contribution in [2.75, 3.05) is 19.2 Å². The Balaban J connectivity index is 2.09. The van der Waals surface area contributed by atoms with Crippen molar-refractivity contribution in [2.45, 2.75) is 6.92 Å². The van der Waals surface area contributed by atoms with Gasteiger partial charge in [0.05, 0.1) is 25.5 Å². The molecule has 0 spiro atoms. The molecule has 0 aliphatic carbocycles. The maximum absolute atomic E-state index is 14.1. The van der Waals surface area contributed by atoms with E-state index in [1.54, 1.807) is 18.2 Å². The first-order chi connectivity index (χ1) is 13.7. The summed E-state index contributed by atoms with van der Waals surface area (Å²) in [5, 5.41) is 3.82. The standard InChI is InChI=1S/C19H13F5N2O3/c1-8-11(6-9-4-5-10(28-2)7-12(9)29-3)19(27)26(25-8)18-16(23)14(21)13(20)15(22)17(18)24/h4-7H,1-3H3/b11-6-. The highest BCUT2D eigenvalue weighted by Gasteiger charge is 2.37. The quantitative estimate of drug-likeness (QED) is 0.327. The molecule has 0 N–H and O–H groups in total. The average Bonchev–Trinajstić information content (AvgIpc) is 2.99. The summed E-state index contributed by atoms with van der Waals surface area (Å²) in [7, 11) is 2.83. The second-order valence-corrected chi connectivity index (χ2v) is 5.89. The largest absolute Gasteiger partial charge is 0.497 e. The smallest absolute Gasteiger partial charge is 0.280 e. The number of hydrogen-bond acceptors (Lipinski definition) is 4. The SMILES string of the molecule is COc1ccc(/C=C2\C(=O)N(c3c(F)c(F)c(F)c(F)c3F)N=C2C)c(OC)c1. The molecule has 2 aromatic rings. The average molecular weight is 412 g/mol. The Hall–Kier alpha value is -3.43. The summed E-state index contributed by atoms with van der Waals surface area (Å²) >= 11 is 0. The fraction of sp³-hybridized carbons (Fsp3) is 0.158. The van der Waals surface area contributed by atoms with Gasteiger partial charge in [0.1, 0.15) is 17.2 Å². The normalized spacial score (nSPS) is 15.2. The Labute approximate surface area is 161 Å². The van der Waals surface area contributed by atoms with Gasteiger partial charge in [-0.05, 0) is 25.1 Å². The number of rotatable bonds is 4. The van der Waals surface area contributed by atoms with Crippen LogP contribution in [0.5, 0.6) is 11.5 Å². The van der Waals surface area contributed by atoms with Crippen LogP contribution >= 0.6 is 0 Å². The van der Waals surface area contributed by atoms with E-state index in [0.717, 1.165) is 0 Å². The lowest BCUT2D eigenvalue weighted by Gasteiger charge is -2.15. The highest BCUT2D eigenvalue weighted by Crippen LogP contribution is 2.35. The highest BCUT2D eigenvalue weighted by atomic mass is 19.2. The molecule has 10 heteroatoms. The Morgan fingerprint density at radius 2 is 1.52 bits per heavy atom. The van der Waals surface area contributed by atoms with Crippen molar-refractivity contribution in [1.82, 2.24) is 0 Å². The number of hydrogen-bond donors (Lipinski definition) is 0. The van der Waals surface area contributed by atoms with Crippen LogP contribution in [0, 0.1) is 29.1 Å². The molecule has 3 rings (SSSR count).